The number of hydrogen-bond donors (Lipinski definition) is 1. The summed E-state index contributed by atoms with van der Waals surface area (Å²) in [6.07, 6.45) is 0. The number of para-hydroxylation sites is 1. The Bertz CT molecular complexity index is 810. The summed E-state index contributed by atoms with van der Waals surface area (Å²) in [4.78, 5) is 40.4. The Morgan fingerprint density at radius 2 is 1.52 bits per heavy atom. The quantitative estimate of drug-likeness (QED) is 0.646. The van der Waals surface area contributed by atoms with Crippen molar-refractivity contribution < 1.29 is 14.4 Å². The molecule has 0 aliphatic carbocycles. The molecule has 0 bridgehead atoms. The van der Waals surface area contributed by atoms with E-state index in [-0.39, 0.29) is 12.5 Å². The highest BCUT2D eigenvalue weighted by Crippen LogP contribution is 2.15. The van der Waals surface area contributed by atoms with Crippen molar-refractivity contribution in [1.82, 2.24) is 10.2 Å². The number of aryl methyl sites for hydroxylation is 1. The lowest BCUT2D eigenvalue weighted by molar-refractivity contribution is -0.132. The van der Waals surface area contributed by atoms with Crippen LogP contribution in [-0.2, 0) is 9.59 Å². The van der Waals surface area contributed by atoms with Crippen LogP contribution < -0.4 is 10.2 Å². The van der Waals surface area contributed by atoms with Crippen LogP contribution in [0.3, 0.4) is 0 Å². The Hall–Kier alpha value is -3.15. The van der Waals surface area contributed by atoms with Crippen LogP contribution in [0.15, 0.2) is 54.6 Å². The van der Waals surface area contributed by atoms with Gasteiger partial charge in [0.25, 0.3) is 5.91 Å². The molecule has 1 aliphatic rings. The van der Waals surface area contributed by atoms with Gasteiger partial charge in [0.05, 0.1) is 6.54 Å². The third-order valence-electron chi connectivity index (χ3n) is 4.67. The van der Waals surface area contributed by atoms with Crippen molar-refractivity contribution in [3.05, 3.63) is 65.7 Å². The predicted molar refractivity (Wildman–Crippen MR) is 104 cm³/mol. The number of nitrogens with one attached hydrogen (secondary N) is 1. The monoisotopic (exact) mass is 365 g/mol. The van der Waals surface area contributed by atoms with Crippen molar-refractivity contribution in [1.29, 1.82) is 0 Å². The molecule has 1 fully saturated rings. The first-order valence-corrected chi connectivity index (χ1v) is 9.01. The highest BCUT2D eigenvalue weighted by Gasteiger charge is 2.23. The molecule has 3 rings (SSSR count). The molecule has 0 unspecified atom stereocenters. The largest absolute Gasteiger partial charge is 0.368 e. The number of ketones is 1. The molecule has 0 radical (unpaired) electrons. The summed E-state index contributed by atoms with van der Waals surface area (Å²) in [6.45, 7) is 4.41. The number of carbonyl (C=O) groups is 3. The van der Waals surface area contributed by atoms with Gasteiger partial charge in [0.1, 0.15) is 0 Å². The van der Waals surface area contributed by atoms with Crippen LogP contribution in [0, 0.1) is 6.92 Å². The van der Waals surface area contributed by atoms with Gasteiger partial charge in [0.15, 0.2) is 0 Å². The number of hydrogen-bond acceptors (Lipinski definition) is 4. The van der Waals surface area contributed by atoms with Crippen LogP contribution in [0.5, 0.6) is 0 Å². The van der Waals surface area contributed by atoms with Crippen molar-refractivity contribution in [3.8, 4) is 0 Å². The standard InChI is InChI=1S/C21H23N3O3/c1-16-7-9-17(10-8-16)20(26)21(27)22-15-19(25)24-13-11-23(12-14-24)18-5-3-2-4-6-18/h2-10H,11-15H2,1H3,(H,22,27). The average molecular weight is 365 g/mol. The van der Waals surface area contributed by atoms with Gasteiger partial charge in [0.2, 0.25) is 11.7 Å². The van der Waals surface area contributed by atoms with Gasteiger partial charge >= 0.3 is 0 Å². The number of carbonyl (C=O) groups excluding carboxylic acids is 3. The minimum atomic E-state index is -0.755. The Morgan fingerprint density at radius 3 is 2.15 bits per heavy atom. The van der Waals surface area contributed by atoms with Gasteiger partial charge in [-0.1, -0.05) is 48.0 Å². The van der Waals surface area contributed by atoms with Gasteiger partial charge in [-0.2, -0.15) is 0 Å². The number of piperazine rings is 1. The fourth-order valence-electron chi connectivity index (χ4n) is 3.04. The Balaban J connectivity index is 1.46. The van der Waals surface area contributed by atoms with E-state index in [4.69, 9.17) is 0 Å². The zero-order valence-corrected chi connectivity index (χ0v) is 15.4. The molecule has 6 heteroatoms. The molecule has 0 atom stereocenters. The zero-order valence-electron chi connectivity index (χ0n) is 15.4. The lowest BCUT2D eigenvalue weighted by Gasteiger charge is -2.36. The van der Waals surface area contributed by atoms with E-state index < -0.39 is 11.7 Å². The summed E-state index contributed by atoms with van der Waals surface area (Å²) in [5.74, 6) is -1.56. The number of Topliss-reactive ketones (excluding diaryl/α,β-unsaturated/α-hetero) is 1. The first kappa shape index (κ1) is 18.6. The number of nitrogens with zero attached hydrogens (tertiary/aromatic N) is 2. The second-order valence-corrected chi connectivity index (χ2v) is 6.58. The number of amides is 2. The van der Waals surface area contributed by atoms with Crippen molar-refractivity contribution in [2.75, 3.05) is 37.6 Å². The van der Waals surface area contributed by atoms with Gasteiger partial charge in [-0.25, -0.2) is 0 Å². The molecule has 0 saturated carbocycles. The third kappa shape index (κ3) is 4.73. The summed E-state index contributed by atoms with van der Waals surface area (Å²) >= 11 is 0. The maximum Gasteiger partial charge on any atom is 0.292 e. The molecule has 2 amide bonds. The van der Waals surface area contributed by atoms with Crippen LogP contribution in [0.25, 0.3) is 0 Å². The van der Waals surface area contributed by atoms with E-state index in [0.29, 0.717) is 18.7 Å². The van der Waals surface area contributed by atoms with Crippen LogP contribution in [-0.4, -0.2) is 55.2 Å². The molecule has 0 spiro atoms. The van der Waals surface area contributed by atoms with E-state index in [1.807, 2.05) is 37.3 Å². The van der Waals surface area contributed by atoms with Crippen molar-refractivity contribution in [2.24, 2.45) is 0 Å². The molecule has 27 heavy (non-hydrogen) atoms. The molecule has 140 valence electrons. The normalized spacial score (nSPS) is 14.0. The fraction of sp³-hybridized carbons (Fsp3) is 0.286. The SMILES string of the molecule is Cc1ccc(C(=O)C(=O)NCC(=O)N2CCN(c3ccccc3)CC2)cc1. The molecule has 1 saturated heterocycles. The maximum atomic E-state index is 12.3. The Kier molecular flexibility index (Phi) is 5.86. The van der Waals surface area contributed by atoms with Gasteiger partial charge in [0, 0.05) is 37.4 Å². The summed E-state index contributed by atoms with van der Waals surface area (Å²) in [6, 6.07) is 16.8. The summed E-state index contributed by atoms with van der Waals surface area (Å²) < 4.78 is 0. The highest BCUT2D eigenvalue weighted by atomic mass is 16.2. The van der Waals surface area contributed by atoms with E-state index >= 15 is 0 Å². The maximum absolute atomic E-state index is 12.3. The first-order valence-electron chi connectivity index (χ1n) is 9.01. The zero-order chi connectivity index (χ0) is 19.2. The van der Waals surface area contributed by atoms with E-state index in [9.17, 15) is 14.4 Å². The van der Waals surface area contributed by atoms with Crippen molar-refractivity contribution in [2.45, 2.75) is 6.92 Å². The van der Waals surface area contributed by atoms with E-state index in [1.165, 1.54) is 0 Å². The molecule has 0 aromatic heterocycles. The van der Waals surface area contributed by atoms with E-state index in [2.05, 4.69) is 10.2 Å². The Morgan fingerprint density at radius 1 is 0.889 bits per heavy atom. The number of benzene rings is 2. The second-order valence-electron chi connectivity index (χ2n) is 6.58. The average Bonchev–Trinajstić information content (AvgIpc) is 2.72. The minimum Gasteiger partial charge on any atom is -0.368 e. The lowest BCUT2D eigenvalue weighted by atomic mass is 10.1. The molecule has 1 aliphatic heterocycles. The van der Waals surface area contributed by atoms with Crippen molar-refractivity contribution >= 4 is 23.3 Å². The molecule has 2 aromatic rings. The summed E-state index contributed by atoms with van der Waals surface area (Å²) in [5.41, 5.74) is 2.47. The van der Waals surface area contributed by atoms with Crippen LogP contribution >= 0.6 is 0 Å². The summed E-state index contributed by atoms with van der Waals surface area (Å²) in [7, 11) is 0. The van der Waals surface area contributed by atoms with Crippen LogP contribution in [0.1, 0.15) is 15.9 Å². The molecule has 2 aromatic carbocycles. The third-order valence-corrected chi connectivity index (χ3v) is 4.67. The first-order chi connectivity index (χ1) is 13.0. The van der Waals surface area contributed by atoms with Crippen LogP contribution in [0.2, 0.25) is 0 Å². The predicted octanol–water partition coefficient (Wildman–Crippen LogP) is 1.64. The van der Waals surface area contributed by atoms with E-state index in [0.717, 1.165) is 24.3 Å². The molecular formula is C21H23N3O3. The lowest BCUT2D eigenvalue weighted by Crippen LogP contribution is -2.51. The van der Waals surface area contributed by atoms with Gasteiger partial charge < -0.3 is 15.1 Å². The van der Waals surface area contributed by atoms with Gasteiger partial charge in [-0.05, 0) is 19.1 Å². The Labute approximate surface area is 158 Å². The molecule has 6 nitrogen and oxygen atoms in total. The highest BCUT2D eigenvalue weighted by molar-refractivity contribution is 6.43. The summed E-state index contributed by atoms with van der Waals surface area (Å²) in [5, 5.41) is 2.44. The minimum absolute atomic E-state index is 0.165. The second kappa shape index (κ2) is 8.49. The van der Waals surface area contributed by atoms with Crippen LogP contribution in [0.4, 0.5) is 5.69 Å². The van der Waals surface area contributed by atoms with Gasteiger partial charge in [-0.15, -0.1) is 0 Å². The molecule has 1 N–H and O–H groups in total. The molecule has 1 heterocycles. The van der Waals surface area contributed by atoms with E-state index in [1.54, 1.807) is 29.2 Å². The topological polar surface area (TPSA) is 69.7 Å². The number of anilines is 1. The molecular weight excluding hydrogens is 342 g/mol. The fourth-order valence-corrected chi connectivity index (χ4v) is 3.04. The van der Waals surface area contributed by atoms with Gasteiger partial charge in [-0.3, -0.25) is 14.4 Å². The smallest absolute Gasteiger partial charge is 0.292 e. The number of rotatable bonds is 5. The van der Waals surface area contributed by atoms with Crippen molar-refractivity contribution in [3.63, 3.8) is 0 Å².